The maximum Gasteiger partial charge on any atom is 0.133 e. The average Bonchev–Trinajstić information content (AvgIpc) is 2.80. The van der Waals surface area contributed by atoms with Crippen LogP contribution in [0.25, 0.3) is 0 Å². The molecule has 0 radical (unpaired) electrons. The minimum Gasteiger partial charge on any atom is -0.490 e. The molecule has 114 valence electrons. The van der Waals surface area contributed by atoms with Crippen molar-refractivity contribution in [3.8, 4) is 5.75 Å². The van der Waals surface area contributed by atoms with E-state index < -0.39 is 0 Å². The van der Waals surface area contributed by atoms with Crippen molar-refractivity contribution >= 4 is 38.9 Å². The van der Waals surface area contributed by atoms with Crippen LogP contribution in [0, 0.1) is 6.92 Å². The summed E-state index contributed by atoms with van der Waals surface area (Å²) < 4.78 is 11.4. The van der Waals surface area contributed by atoms with Gasteiger partial charge in [-0.05, 0) is 51.5 Å². The number of rotatable bonds is 6. The van der Waals surface area contributed by atoms with Gasteiger partial charge < -0.3 is 15.2 Å². The Labute approximate surface area is 142 Å². The number of thiophene rings is 1. The summed E-state index contributed by atoms with van der Waals surface area (Å²) in [5.41, 5.74) is 8.37. The number of hydrogen-bond donors (Lipinski definition) is 1. The maximum atomic E-state index is 6.32. The fraction of sp³-hybridized carbons (Fsp3) is 0.333. The Morgan fingerprint density at radius 2 is 2.14 bits per heavy atom. The first-order valence-corrected chi connectivity index (χ1v) is 8.50. The molecule has 3 nitrogen and oxygen atoms in total. The van der Waals surface area contributed by atoms with Crippen molar-refractivity contribution in [2.75, 3.05) is 20.3 Å². The maximum absolute atomic E-state index is 6.32. The predicted octanol–water partition coefficient (Wildman–Crippen LogP) is 4.55. The van der Waals surface area contributed by atoms with Gasteiger partial charge in [-0.25, -0.2) is 0 Å². The molecule has 2 rings (SSSR count). The molecule has 2 N–H and O–H groups in total. The van der Waals surface area contributed by atoms with Crippen molar-refractivity contribution in [2.24, 2.45) is 5.73 Å². The summed E-state index contributed by atoms with van der Waals surface area (Å²) >= 11 is 11.4. The minimum absolute atomic E-state index is 0.236. The van der Waals surface area contributed by atoms with Gasteiger partial charge in [0.25, 0.3) is 0 Å². The quantitative estimate of drug-likeness (QED) is 0.736. The van der Waals surface area contributed by atoms with Crippen LogP contribution in [-0.4, -0.2) is 20.3 Å². The molecule has 0 saturated heterocycles. The SMILES string of the molecule is COCCOc1ccc(C(N)c2scc(C)c2Cl)cc1Br. The molecule has 1 heterocycles. The third kappa shape index (κ3) is 3.99. The van der Waals surface area contributed by atoms with Gasteiger partial charge in [0.1, 0.15) is 12.4 Å². The molecule has 0 amide bonds. The molecule has 1 atom stereocenters. The Morgan fingerprint density at radius 1 is 1.38 bits per heavy atom. The molecule has 0 aliphatic carbocycles. The molecule has 0 saturated carbocycles. The largest absolute Gasteiger partial charge is 0.490 e. The predicted molar refractivity (Wildman–Crippen MR) is 91.6 cm³/mol. The van der Waals surface area contributed by atoms with Gasteiger partial charge in [-0.15, -0.1) is 11.3 Å². The lowest BCUT2D eigenvalue weighted by Gasteiger charge is -2.14. The van der Waals surface area contributed by atoms with E-state index >= 15 is 0 Å². The molecule has 6 heteroatoms. The number of halogens is 2. The Hall–Kier alpha value is -0.590. The van der Waals surface area contributed by atoms with Crippen molar-refractivity contribution in [1.29, 1.82) is 0 Å². The van der Waals surface area contributed by atoms with E-state index in [4.69, 9.17) is 26.8 Å². The Kier molecular flexibility index (Phi) is 6.08. The van der Waals surface area contributed by atoms with E-state index in [0.29, 0.717) is 13.2 Å². The van der Waals surface area contributed by atoms with Gasteiger partial charge in [0, 0.05) is 12.0 Å². The third-order valence-corrected chi connectivity index (χ3v) is 5.48. The van der Waals surface area contributed by atoms with Gasteiger partial charge in [-0.3, -0.25) is 0 Å². The molecular weight excluding hydrogens is 374 g/mol. The molecule has 1 unspecified atom stereocenters. The number of nitrogens with two attached hydrogens (primary N) is 1. The molecule has 0 aliphatic rings. The lowest BCUT2D eigenvalue weighted by atomic mass is 10.1. The van der Waals surface area contributed by atoms with Crippen molar-refractivity contribution in [3.63, 3.8) is 0 Å². The Balaban J connectivity index is 2.17. The van der Waals surface area contributed by atoms with Crippen LogP contribution in [0.3, 0.4) is 0 Å². The zero-order valence-corrected chi connectivity index (χ0v) is 15.0. The van der Waals surface area contributed by atoms with Gasteiger partial charge in [0.2, 0.25) is 0 Å². The topological polar surface area (TPSA) is 44.5 Å². The van der Waals surface area contributed by atoms with Crippen LogP contribution in [0.15, 0.2) is 28.1 Å². The number of methoxy groups -OCH3 is 1. The summed E-state index contributed by atoms with van der Waals surface area (Å²) in [5, 5.41) is 2.78. The number of ether oxygens (including phenoxy) is 2. The van der Waals surface area contributed by atoms with Crippen LogP contribution in [0.2, 0.25) is 5.02 Å². The van der Waals surface area contributed by atoms with Crippen LogP contribution in [-0.2, 0) is 4.74 Å². The molecule has 1 aromatic carbocycles. The highest BCUT2D eigenvalue weighted by atomic mass is 79.9. The van der Waals surface area contributed by atoms with Crippen LogP contribution < -0.4 is 10.5 Å². The van der Waals surface area contributed by atoms with Crippen molar-refractivity contribution < 1.29 is 9.47 Å². The summed E-state index contributed by atoms with van der Waals surface area (Å²) in [5.74, 6) is 0.774. The zero-order valence-electron chi connectivity index (χ0n) is 11.9. The molecule has 0 bridgehead atoms. The average molecular weight is 391 g/mol. The number of aryl methyl sites for hydroxylation is 1. The van der Waals surface area contributed by atoms with Crippen LogP contribution in [0.5, 0.6) is 5.75 Å². The Bertz CT molecular complexity index is 618. The molecule has 0 spiro atoms. The van der Waals surface area contributed by atoms with E-state index in [9.17, 15) is 0 Å². The van der Waals surface area contributed by atoms with Gasteiger partial charge in [0.15, 0.2) is 0 Å². The van der Waals surface area contributed by atoms with Gasteiger partial charge in [-0.1, -0.05) is 17.7 Å². The second-order valence-electron chi connectivity index (χ2n) is 4.61. The summed E-state index contributed by atoms with van der Waals surface area (Å²) in [4.78, 5) is 0.981. The fourth-order valence-electron chi connectivity index (χ4n) is 1.87. The summed E-state index contributed by atoms with van der Waals surface area (Å²) in [6.45, 7) is 3.05. The van der Waals surface area contributed by atoms with E-state index in [1.807, 2.05) is 30.5 Å². The molecule has 21 heavy (non-hydrogen) atoms. The second-order valence-corrected chi connectivity index (χ2v) is 6.75. The smallest absolute Gasteiger partial charge is 0.133 e. The highest BCUT2D eigenvalue weighted by Crippen LogP contribution is 2.36. The Morgan fingerprint density at radius 3 is 2.71 bits per heavy atom. The van der Waals surface area contributed by atoms with Crippen LogP contribution >= 0.6 is 38.9 Å². The first-order chi connectivity index (χ1) is 10.0. The van der Waals surface area contributed by atoms with Crippen molar-refractivity contribution in [1.82, 2.24) is 0 Å². The highest BCUT2D eigenvalue weighted by molar-refractivity contribution is 9.10. The summed E-state index contributed by atoms with van der Waals surface area (Å²) in [6.07, 6.45) is 0. The second kappa shape index (κ2) is 7.61. The first-order valence-electron chi connectivity index (χ1n) is 6.44. The van der Waals surface area contributed by atoms with E-state index in [2.05, 4.69) is 15.9 Å². The van der Waals surface area contributed by atoms with Crippen LogP contribution in [0.1, 0.15) is 22.0 Å². The van der Waals surface area contributed by atoms with E-state index in [0.717, 1.165) is 31.2 Å². The van der Waals surface area contributed by atoms with E-state index in [-0.39, 0.29) is 6.04 Å². The van der Waals surface area contributed by atoms with Gasteiger partial charge in [-0.2, -0.15) is 0 Å². The highest BCUT2D eigenvalue weighted by Gasteiger charge is 2.17. The van der Waals surface area contributed by atoms with E-state index in [1.54, 1.807) is 18.4 Å². The summed E-state index contributed by atoms with van der Waals surface area (Å²) in [6, 6.07) is 5.60. The lowest BCUT2D eigenvalue weighted by Crippen LogP contribution is -2.11. The van der Waals surface area contributed by atoms with Crippen LogP contribution in [0.4, 0.5) is 0 Å². The van der Waals surface area contributed by atoms with E-state index in [1.165, 1.54) is 0 Å². The van der Waals surface area contributed by atoms with Gasteiger partial charge in [0.05, 0.1) is 22.1 Å². The first kappa shape index (κ1) is 16.8. The molecule has 1 aromatic heterocycles. The normalized spacial score (nSPS) is 12.4. The fourth-order valence-corrected chi connectivity index (χ4v) is 3.72. The van der Waals surface area contributed by atoms with Gasteiger partial charge >= 0.3 is 0 Å². The standard InChI is InChI=1S/C15H17BrClNO2S/c1-9-8-21-15(13(9)17)14(18)10-3-4-12(11(16)7-10)20-6-5-19-2/h3-4,7-8,14H,5-6,18H2,1-2H3. The number of benzene rings is 1. The lowest BCUT2D eigenvalue weighted by molar-refractivity contribution is 0.146. The zero-order chi connectivity index (χ0) is 15.4. The molecule has 0 fully saturated rings. The molecule has 2 aromatic rings. The number of hydrogen-bond acceptors (Lipinski definition) is 4. The minimum atomic E-state index is -0.236. The monoisotopic (exact) mass is 389 g/mol. The molecule has 0 aliphatic heterocycles. The molecular formula is C15H17BrClNO2S. The van der Waals surface area contributed by atoms with Crippen molar-refractivity contribution in [2.45, 2.75) is 13.0 Å². The van der Waals surface area contributed by atoms with Crippen molar-refractivity contribution in [3.05, 3.63) is 49.1 Å². The third-order valence-electron chi connectivity index (χ3n) is 3.07. The summed E-state index contributed by atoms with van der Waals surface area (Å²) in [7, 11) is 1.65.